The molecule has 1 aliphatic heterocycles. The van der Waals surface area contributed by atoms with E-state index in [0.29, 0.717) is 12.3 Å². The van der Waals surface area contributed by atoms with Gasteiger partial charge < -0.3 is 15.4 Å². The summed E-state index contributed by atoms with van der Waals surface area (Å²) in [6.45, 7) is 7.21. The smallest absolute Gasteiger partial charge is 0.340 e. The first kappa shape index (κ1) is 21.4. The van der Waals surface area contributed by atoms with Crippen LogP contribution in [-0.2, 0) is 14.3 Å². The molecule has 1 aromatic rings. The second-order valence-corrected chi connectivity index (χ2v) is 7.40. The van der Waals surface area contributed by atoms with Crippen molar-refractivity contribution in [1.29, 1.82) is 0 Å². The van der Waals surface area contributed by atoms with Crippen molar-refractivity contribution >= 4 is 29.5 Å². The first-order valence-corrected chi connectivity index (χ1v) is 9.38. The number of urea groups is 1. The third-order valence-corrected chi connectivity index (χ3v) is 4.57. The van der Waals surface area contributed by atoms with E-state index in [1.54, 1.807) is 32.0 Å². The Morgan fingerprint density at radius 1 is 1.25 bits per heavy atom. The molecule has 2 rings (SSSR count). The standard InChI is InChI=1S/C20H27N3O5/c1-5-28-17(25)14-8-6-7-9-15(14)21-16(24)12-23-18(26)20(4,22-19(23)27)11-10-13(2)3/h6-9,13H,5,10-12H2,1-4H3,(H,21,24)(H,22,27)/t20-/m1/s1. The molecule has 1 atom stereocenters. The van der Waals surface area contributed by atoms with Gasteiger partial charge in [0, 0.05) is 0 Å². The van der Waals surface area contributed by atoms with Gasteiger partial charge in [-0.2, -0.15) is 0 Å². The molecule has 1 saturated heterocycles. The molecule has 8 nitrogen and oxygen atoms in total. The van der Waals surface area contributed by atoms with E-state index in [0.717, 1.165) is 11.3 Å². The molecular formula is C20H27N3O5. The normalized spacial score (nSPS) is 19.0. The van der Waals surface area contributed by atoms with Gasteiger partial charge in [0.1, 0.15) is 12.1 Å². The molecule has 28 heavy (non-hydrogen) atoms. The van der Waals surface area contributed by atoms with E-state index in [4.69, 9.17) is 4.74 Å². The van der Waals surface area contributed by atoms with Crippen LogP contribution in [0.3, 0.4) is 0 Å². The lowest BCUT2D eigenvalue weighted by atomic mass is 9.92. The molecule has 152 valence electrons. The van der Waals surface area contributed by atoms with Crippen molar-refractivity contribution in [1.82, 2.24) is 10.2 Å². The van der Waals surface area contributed by atoms with Crippen molar-refractivity contribution in [2.75, 3.05) is 18.5 Å². The summed E-state index contributed by atoms with van der Waals surface area (Å²) in [6.07, 6.45) is 1.27. The van der Waals surface area contributed by atoms with Gasteiger partial charge in [0.05, 0.1) is 17.9 Å². The van der Waals surface area contributed by atoms with E-state index >= 15 is 0 Å². The van der Waals surface area contributed by atoms with Gasteiger partial charge in [-0.05, 0) is 44.7 Å². The number of amides is 4. The van der Waals surface area contributed by atoms with Gasteiger partial charge in [-0.3, -0.25) is 14.5 Å². The van der Waals surface area contributed by atoms with Crippen molar-refractivity contribution < 1.29 is 23.9 Å². The van der Waals surface area contributed by atoms with Crippen molar-refractivity contribution in [3.63, 3.8) is 0 Å². The fraction of sp³-hybridized carbons (Fsp3) is 0.500. The zero-order chi connectivity index (χ0) is 20.9. The van der Waals surface area contributed by atoms with E-state index in [2.05, 4.69) is 10.6 Å². The zero-order valence-electron chi connectivity index (χ0n) is 16.7. The highest BCUT2D eigenvalue weighted by Crippen LogP contribution is 2.25. The molecule has 0 radical (unpaired) electrons. The Kier molecular flexibility index (Phi) is 6.77. The molecule has 0 spiro atoms. The number of carbonyl (C=O) groups is 4. The van der Waals surface area contributed by atoms with E-state index in [1.165, 1.54) is 6.07 Å². The summed E-state index contributed by atoms with van der Waals surface area (Å²) in [5, 5.41) is 5.27. The van der Waals surface area contributed by atoms with Crippen LogP contribution in [0.1, 0.15) is 50.9 Å². The van der Waals surface area contributed by atoms with Gasteiger partial charge in [-0.15, -0.1) is 0 Å². The van der Waals surface area contributed by atoms with Crippen LogP contribution < -0.4 is 10.6 Å². The second kappa shape index (κ2) is 8.86. The molecule has 0 unspecified atom stereocenters. The monoisotopic (exact) mass is 389 g/mol. The van der Waals surface area contributed by atoms with Crippen molar-refractivity contribution in [3.8, 4) is 0 Å². The Morgan fingerprint density at radius 3 is 2.57 bits per heavy atom. The largest absolute Gasteiger partial charge is 0.462 e. The van der Waals surface area contributed by atoms with Crippen LogP contribution in [0.2, 0.25) is 0 Å². The number of rotatable bonds is 8. The lowest BCUT2D eigenvalue weighted by Crippen LogP contribution is -2.44. The lowest BCUT2D eigenvalue weighted by Gasteiger charge is -2.22. The fourth-order valence-electron chi connectivity index (χ4n) is 2.95. The van der Waals surface area contributed by atoms with E-state index in [1.807, 2.05) is 13.8 Å². The summed E-state index contributed by atoms with van der Waals surface area (Å²) in [4.78, 5) is 50.3. The summed E-state index contributed by atoms with van der Waals surface area (Å²) in [6, 6.07) is 5.81. The summed E-state index contributed by atoms with van der Waals surface area (Å²) in [7, 11) is 0. The molecule has 1 heterocycles. The van der Waals surface area contributed by atoms with E-state index in [9.17, 15) is 19.2 Å². The second-order valence-electron chi connectivity index (χ2n) is 7.40. The van der Waals surface area contributed by atoms with Crippen LogP contribution in [0.5, 0.6) is 0 Å². The Hall–Kier alpha value is -2.90. The minimum absolute atomic E-state index is 0.205. The SMILES string of the molecule is CCOC(=O)c1ccccc1NC(=O)CN1C(=O)N[C@](C)(CCC(C)C)C1=O. The number of carbonyl (C=O) groups excluding carboxylic acids is 4. The summed E-state index contributed by atoms with van der Waals surface area (Å²) >= 11 is 0. The predicted molar refractivity (Wildman–Crippen MR) is 104 cm³/mol. The maximum absolute atomic E-state index is 12.7. The average molecular weight is 389 g/mol. The quantitative estimate of drug-likeness (QED) is 0.525. The highest BCUT2D eigenvalue weighted by Gasteiger charge is 2.47. The predicted octanol–water partition coefficient (Wildman–Crippen LogP) is 2.55. The minimum atomic E-state index is -1.01. The number of anilines is 1. The third-order valence-electron chi connectivity index (χ3n) is 4.57. The molecular weight excluding hydrogens is 362 g/mol. The van der Waals surface area contributed by atoms with Crippen molar-refractivity contribution in [2.24, 2.45) is 5.92 Å². The molecule has 1 aliphatic rings. The molecule has 8 heteroatoms. The maximum atomic E-state index is 12.7. The van der Waals surface area contributed by atoms with Crippen molar-refractivity contribution in [2.45, 2.75) is 46.1 Å². The number of nitrogens with zero attached hydrogens (tertiary/aromatic N) is 1. The van der Waals surface area contributed by atoms with Crippen LogP contribution >= 0.6 is 0 Å². The van der Waals surface area contributed by atoms with Gasteiger partial charge >= 0.3 is 12.0 Å². The summed E-state index contributed by atoms with van der Waals surface area (Å²) < 4.78 is 4.97. The van der Waals surface area contributed by atoms with Gasteiger partial charge in [0.2, 0.25) is 5.91 Å². The Labute approximate surface area is 164 Å². The molecule has 1 fully saturated rings. The van der Waals surface area contributed by atoms with Gasteiger partial charge in [0.15, 0.2) is 0 Å². The van der Waals surface area contributed by atoms with Crippen molar-refractivity contribution in [3.05, 3.63) is 29.8 Å². The fourth-order valence-corrected chi connectivity index (χ4v) is 2.95. The number of hydrogen-bond acceptors (Lipinski definition) is 5. The van der Waals surface area contributed by atoms with E-state index in [-0.39, 0.29) is 17.9 Å². The van der Waals surface area contributed by atoms with Crippen LogP contribution in [0, 0.1) is 5.92 Å². The average Bonchev–Trinajstić information content (AvgIpc) is 2.84. The maximum Gasteiger partial charge on any atom is 0.340 e. The number of imide groups is 1. The highest BCUT2D eigenvalue weighted by atomic mass is 16.5. The molecule has 0 aliphatic carbocycles. The first-order valence-electron chi connectivity index (χ1n) is 9.38. The topological polar surface area (TPSA) is 105 Å². The molecule has 2 N–H and O–H groups in total. The Balaban J connectivity index is 2.07. The summed E-state index contributed by atoms with van der Waals surface area (Å²) in [5.74, 6) is -1.17. The Morgan fingerprint density at radius 2 is 1.93 bits per heavy atom. The molecule has 0 bridgehead atoms. The molecule has 0 aromatic heterocycles. The lowest BCUT2D eigenvalue weighted by molar-refractivity contribution is -0.133. The number of nitrogens with one attached hydrogen (secondary N) is 2. The van der Waals surface area contributed by atoms with Crippen LogP contribution in [0.4, 0.5) is 10.5 Å². The number of ether oxygens (including phenoxy) is 1. The molecule has 0 saturated carbocycles. The molecule has 4 amide bonds. The number of esters is 1. The third kappa shape index (κ3) is 4.88. The zero-order valence-corrected chi connectivity index (χ0v) is 16.7. The molecule has 1 aromatic carbocycles. The van der Waals surface area contributed by atoms with Crippen LogP contribution in [0.25, 0.3) is 0 Å². The first-order chi connectivity index (χ1) is 13.2. The minimum Gasteiger partial charge on any atom is -0.462 e. The highest BCUT2D eigenvalue weighted by molar-refractivity contribution is 6.10. The van der Waals surface area contributed by atoms with Gasteiger partial charge in [-0.1, -0.05) is 26.0 Å². The number of para-hydroxylation sites is 1. The van der Waals surface area contributed by atoms with Crippen LogP contribution in [-0.4, -0.2) is 47.4 Å². The summed E-state index contributed by atoms with van der Waals surface area (Å²) in [5.41, 5.74) is -0.540. The number of hydrogen-bond donors (Lipinski definition) is 2. The van der Waals surface area contributed by atoms with E-state index < -0.39 is 35.9 Å². The number of benzene rings is 1. The van der Waals surface area contributed by atoms with Gasteiger partial charge in [-0.25, -0.2) is 9.59 Å². The van der Waals surface area contributed by atoms with Gasteiger partial charge in [0.25, 0.3) is 5.91 Å². The van der Waals surface area contributed by atoms with Crippen LogP contribution in [0.15, 0.2) is 24.3 Å². The Bertz CT molecular complexity index is 777.